The van der Waals surface area contributed by atoms with Crippen LogP contribution in [0.25, 0.3) is 8.71 Å². The van der Waals surface area contributed by atoms with Crippen LogP contribution in [-0.4, -0.2) is 25.8 Å². The van der Waals surface area contributed by atoms with Crippen LogP contribution in [0.2, 0.25) is 0 Å². The van der Waals surface area contributed by atoms with Gasteiger partial charge in [0.15, 0.2) is 0 Å². The third kappa shape index (κ3) is 2.24. The number of rotatable bonds is 1. The van der Waals surface area contributed by atoms with Crippen molar-refractivity contribution in [3.05, 3.63) is 118 Å². The zero-order valence-electron chi connectivity index (χ0n) is 15.0. The van der Waals surface area contributed by atoms with Crippen LogP contribution in [0.15, 0.2) is 78.9 Å². The Hall–Kier alpha value is -1.94. The SMILES string of the molecule is Cc1ccc2c(c1)[C]([Pb])=CC21C=C(c2ccccc2)c2ccc(C)cc21. The maximum absolute atomic E-state index is 2.53. The second-order valence-electron chi connectivity index (χ2n) is 7.45. The molecule has 0 aliphatic heterocycles. The third-order valence-corrected chi connectivity index (χ3v) is 7.26. The van der Waals surface area contributed by atoms with Gasteiger partial charge in [-0.1, -0.05) is 0 Å². The Morgan fingerprint density at radius 3 is 2.23 bits per heavy atom. The van der Waals surface area contributed by atoms with E-state index in [-0.39, 0.29) is 5.41 Å². The molecule has 0 saturated carbocycles. The summed E-state index contributed by atoms with van der Waals surface area (Å²) in [6, 6.07) is 24.7. The predicted octanol–water partition coefficient (Wildman–Crippen LogP) is 5.56. The second kappa shape index (κ2) is 5.78. The van der Waals surface area contributed by atoms with Crippen molar-refractivity contribution in [3.8, 4) is 0 Å². The van der Waals surface area contributed by atoms with Crippen LogP contribution in [0.3, 0.4) is 0 Å². The van der Waals surface area contributed by atoms with Crippen LogP contribution in [0, 0.1) is 13.8 Å². The molecule has 3 aromatic rings. The predicted molar refractivity (Wildman–Crippen MR) is 110 cm³/mol. The Balaban J connectivity index is 1.85. The van der Waals surface area contributed by atoms with Gasteiger partial charge in [-0.3, -0.25) is 0 Å². The van der Waals surface area contributed by atoms with Crippen molar-refractivity contribution in [1.29, 1.82) is 0 Å². The van der Waals surface area contributed by atoms with E-state index in [0.717, 1.165) is 25.8 Å². The molecule has 0 amide bonds. The molecular formula is C25H19Pb. The minimum absolute atomic E-state index is 0.105. The summed E-state index contributed by atoms with van der Waals surface area (Å²) in [7, 11) is 0. The Labute approximate surface area is 171 Å². The number of aryl methyl sites for hydroxylation is 2. The van der Waals surface area contributed by atoms with Crippen LogP contribution in [-0.2, 0) is 5.41 Å². The fraction of sp³-hybridized carbons (Fsp3) is 0.120. The van der Waals surface area contributed by atoms with E-state index < -0.39 is 0 Å². The van der Waals surface area contributed by atoms with Gasteiger partial charge in [-0.25, -0.2) is 0 Å². The summed E-state index contributed by atoms with van der Waals surface area (Å²) in [5.74, 6) is 0. The monoisotopic (exact) mass is 527 g/mol. The van der Waals surface area contributed by atoms with E-state index in [1.807, 2.05) is 0 Å². The summed E-state index contributed by atoms with van der Waals surface area (Å²) in [5.41, 5.74) is 10.9. The molecule has 1 heteroatoms. The molecule has 0 heterocycles. The molecule has 3 radical (unpaired) electrons. The molecule has 5 rings (SSSR count). The van der Waals surface area contributed by atoms with Crippen LogP contribution in [0.4, 0.5) is 0 Å². The first-order chi connectivity index (χ1) is 12.6. The molecule has 2 aliphatic carbocycles. The molecule has 1 atom stereocenters. The van der Waals surface area contributed by atoms with Crippen molar-refractivity contribution in [1.82, 2.24) is 0 Å². The van der Waals surface area contributed by atoms with Crippen LogP contribution >= 0.6 is 0 Å². The first-order valence-corrected chi connectivity index (χ1v) is 11.0. The number of fused-ring (bicyclic) bond motifs is 4. The molecule has 26 heavy (non-hydrogen) atoms. The van der Waals surface area contributed by atoms with Gasteiger partial charge in [0.2, 0.25) is 0 Å². The van der Waals surface area contributed by atoms with Gasteiger partial charge >= 0.3 is 172 Å². The fourth-order valence-corrected chi connectivity index (χ4v) is 6.13. The molecule has 0 nitrogen and oxygen atoms in total. The molecule has 3 aromatic carbocycles. The Morgan fingerprint density at radius 2 is 1.42 bits per heavy atom. The summed E-state index contributed by atoms with van der Waals surface area (Å²) in [6.45, 7) is 4.39. The van der Waals surface area contributed by atoms with E-state index in [4.69, 9.17) is 0 Å². The van der Waals surface area contributed by atoms with Crippen molar-refractivity contribution < 1.29 is 0 Å². The van der Waals surface area contributed by atoms with Gasteiger partial charge in [-0.2, -0.15) is 0 Å². The van der Waals surface area contributed by atoms with Gasteiger partial charge < -0.3 is 0 Å². The van der Waals surface area contributed by atoms with E-state index >= 15 is 0 Å². The first kappa shape index (κ1) is 16.3. The molecule has 1 spiro atoms. The zero-order valence-corrected chi connectivity index (χ0v) is 18.9. The average Bonchev–Trinajstić information content (AvgIpc) is 3.11. The maximum atomic E-state index is 2.53. The molecule has 2 aliphatic rings. The van der Waals surface area contributed by atoms with E-state index in [2.05, 4.69) is 92.7 Å². The first-order valence-electron chi connectivity index (χ1n) is 9.04. The van der Waals surface area contributed by atoms with E-state index in [0.29, 0.717) is 0 Å². The van der Waals surface area contributed by atoms with E-state index in [9.17, 15) is 0 Å². The van der Waals surface area contributed by atoms with Gasteiger partial charge in [0.25, 0.3) is 0 Å². The van der Waals surface area contributed by atoms with E-state index in [1.165, 1.54) is 47.6 Å². The average molecular weight is 527 g/mol. The summed E-state index contributed by atoms with van der Waals surface area (Å²) in [6.07, 6.45) is 5.03. The second-order valence-corrected chi connectivity index (χ2v) is 9.54. The molecule has 123 valence electrons. The Morgan fingerprint density at radius 1 is 0.692 bits per heavy atom. The standard InChI is InChI=1S/C25H19.Pb/c1-17-9-11-23-20(14-17)12-13-25(23)16-22(19-6-4-3-5-7-19)21-10-8-18(2)15-24(21)25;/h3-11,13-16H,1-2H3;. The van der Waals surface area contributed by atoms with E-state index in [1.54, 1.807) is 0 Å². The fourth-order valence-electron chi connectivity index (χ4n) is 4.44. The van der Waals surface area contributed by atoms with Crippen molar-refractivity contribution in [2.75, 3.05) is 0 Å². The topological polar surface area (TPSA) is 0 Å². The van der Waals surface area contributed by atoms with Crippen molar-refractivity contribution in [3.63, 3.8) is 0 Å². The molecule has 0 saturated heterocycles. The van der Waals surface area contributed by atoms with Crippen molar-refractivity contribution >= 4 is 34.5 Å². The van der Waals surface area contributed by atoms with Crippen LogP contribution in [0.1, 0.15) is 38.9 Å². The number of benzene rings is 3. The van der Waals surface area contributed by atoms with Gasteiger partial charge in [0, 0.05) is 0 Å². The minimum atomic E-state index is -0.105. The molecule has 0 fully saturated rings. The number of hydrogen-bond donors (Lipinski definition) is 0. The van der Waals surface area contributed by atoms with Crippen molar-refractivity contribution in [2.45, 2.75) is 19.3 Å². The zero-order chi connectivity index (χ0) is 17.9. The quantitative estimate of drug-likeness (QED) is 0.365. The van der Waals surface area contributed by atoms with Crippen LogP contribution in [0.5, 0.6) is 0 Å². The summed E-state index contributed by atoms with van der Waals surface area (Å²) < 4.78 is 1.52. The van der Waals surface area contributed by atoms with Crippen molar-refractivity contribution in [2.24, 2.45) is 0 Å². The molecule has 0 aromatic heterocycles. The summed E-state index contributed by atoms with van der Waals surface area (Å²) in [5, 5.41) is 0. The third-order valence-electron chi connectivity index (χ3n) is 5.65. The Bertz CT molecular complexity index is 1100. The van der Waals surface area contributed by atoms with Gasteiger partial charge in [0.05, 0.1) is 0 Å². The van der Waals surface area contributed by atoms with Gasteiger partial charge in [-0.15, -0.1) is 0 Å². The molecule has 0 N–H and O–H groups in total. The van der Waals surface area contributed by atoms with Gasteiger partial charge in [0.1, 0.15) is 0 Å². The Kier molecular flexibility index (Phi) is 3.61. The summed E-state index contributed by atoms with van der Waals surface area (Å²) in [4.78, 5) is 0. The molecule has 1 unspecified atom stereocenters. The van der Waals surface area contributed by atoms with Crippen LogP contribution < -0.4 is 0 Å². The number of hydrogen-bond acceptors (Lipinski definition) is 0. The summed E-state index contributed by atoms with van der Waals surface area (Å²) >= 11 is 1.07. The molecule has 0 bridgehead atoms. The van der Waals surface area contributed by atoms with Gasteiger partial charge in [-0.05, 0) is 0 Å². The normalized spacial score (nSPS) is 20.0. The molecular weight excluding hydrogens is 507 g/mol. The number of allylic oxidation sites excluding steroid dienone is 2.